The molecule has 0 aliphatic heterocycles. The summed E-state index contributed by atoms with van der Waals surface area (Å²) in [5.41, 5.74) is 1.93. The first-order chi connectivity index (χ1) is 16.5. The number of sulfonamides is 1. The molecule has 0 fully saturated rings. The van der Waals surface area contributed by atoms with Crippen molar-refractivity contribution in [2.24, 2.45) is 0 Å². The van der Waals surface area contributed by atoms with Crippen molar-refractivity contribution < 1.29 is 8.42 Å². The summed E-state index contributed by atoms with van der Waals surface area (Å²) in [7, 11) is -3.74. The standard InChI is InChI=1S/C27H28ClN3O3S/c1-18(17-29-35(33,34)22-15-9-19(10-16-22)27(2,3)4)25-30-24-8-6-5-7-23(24)26(32)31(25)21-13-11-20(28)12-14-21/h5-16,18,29H,17H2,1-4H3. The zero-order valence-electron chi connectivity index (χ0n) is 20.1. The molecule has 6 nitrogen and oxygen atoms in total. The molecule has 4 aromatic rings. The van der Waals surface area contributed by atoms with Gasteiger partial charge in [-0.3, -0.25) is 9.36 Å². The van der Waals surface area contributed by atoms with Gasteiger partial charge in [0.05, 0.1) is 21.5 Å². The highest BCUT2D eigenvalue weighted by Gasteiger charge is 2.22. The number of para-hydroxylation sites is 1. The van der Waals surface area contributed by atoms with Gasteiger partial charge in [0, 0.05) is 17.5 Å². The lowest BCUT2D eigenvalue weighted by Gasteiger charge is -2.20. The van der Waals surface area contributed by atoms with Gasteiger partial charge in [-0.15, -0.1) is 0 Å². The van der Waals surface area contributed by atoms with Crippen LogP contribution in [-0.2, 0) is 15.4 Å². The fourth-order valence-corrected chi connectivity index (χ4v) is 5.12. The number of rotatable bonds is 6. The van der Waals surface area contributed by atoms with E-state index in [4.69, 9.17) is 16.6 Å². The Morgan fingerprint density at radius 1 is 0.971 bits per heavy atom. The second-order valence-electron chi connectivity index (χ2n) is 9.63. The van der Waals surface area contributed by atoms with E-state index in [1.165, 1.54) is 4.57 Å². The summed E-state index contributed by atoms with van der Waals surface area (Å²) in [5.74, 6) is 0.0633. The fourth-order valence-electron chi connectivity index (χ4n) is 3.86. The molecule has 0 aliphatic carbocycles. The number of nitrogens with zero attached hydrogens (tertiary/aromatic N) is 2. The molecule has 0 amide bonds. The van der Waals surface area contributed by atoms with Crippen LogP contribution in [0.1, 0.15) is 45.0 Å². The number of hydrogen-bond donors (Lipinski definition) is 1. The molecular weight excluding hydrogens is 482 g/mol. The largest absolute Gasteiger partial charge is 0.268 e. The Bertz CT molecular complexity index is 1520. The minimum Gasteiger partial charge on any atom is -0.268 e. The second-order valence-corrected chi connectivity index (χ2v) is 11.8. The van der Waals surface area contributed by atoms with E-state index in [1.54, 1.807) is 54.6 Å². The molecule has 182 valence electrons. The van der Waals surface area contributed by atoms with Crippen molar-refractivity contribution in [1.29, 1.82) is 0 Å². The summed E-state index contributed by atoms with van der Waals surface area (Å²) in [6, 6.07) is 20.9. The van der Waals surface area contributed by atoms with Crippen molar-refractivity contribution in [1.82, 2.24) is 14.3 Å². The maximum Gasteiger partial charge on any atom is 0.265 e. The van der Waals surface area contributed by atoms with Crippen LogP contribution in [0, 0.1) is 0 Å². The molecule has 1 aromatic heterocycles. The molecule has 1 unspecified atom stereocenters. The van der Waals surface area contributed by atoms with Gasteiger partial charge in [0.1, 0.15) is 5.82 Å². The van der Waals surface area contributed by atoms with E-state index >= 15 is 0 Å². The summed E-state index contributed by atoms with van der Waals surface area (Å²) in [6.45, 7) is 8.14. The van der Waals surface area contributed by atoms with Crippen LogP contribution in [0.15, 0.2) is 82.5 Å². The molecule has 0 spiro atoms. The van der Waals surface area contributed by atoms with Crippen molar-refractivity contribution >= 4 is 32.5 Å². The van der Waals surface area contributed by atoms with Gasteiger partial charge in [-0.05, 0) is 59.5 Å². The smallest absolute Gasteiger partial charge is 0.265 e. The minimum absolute atomic E-state index is 0.0712. The normalized spacial score (nSPS) is 13.2. The van der Waals surface area contributed by atoms with Crippen molar-refractivity contribution in [2.45, 2.75) is 43.9 Å². The van der Waals surface area contributed by atoms with Gasteiger partial charge in [0.15, 0.2) is 0 Å². The monoisotopic (exact) mass is 509 g/mol. The number of benzene rings is 3. The van der Waals surface area contributed by atoms with Gasteiger partial charge in [0.2, 0.25) is 10.0 Å². The van der Waals surface area contributed by atoms with Gasteiger partial charge in [-0.25, -0.2) is 18.1 Å². The summed E-state index contributed by atoms with van der Waals surface area (Å²) >= 11 is 6.05. The Morgan fingerprint density at radius 2 is 1.60 bits per heavy atom. The van der Waals surface area contributed by atoms with Crippen molar-refractivity contribution in [3.8, 4) is 5.69 Å². The average Bonchev–Trinajstić information content (AvgIpc) is 2.83. The third-order valence-corrected chi connectivity index (χ3v) is 7.63. The molecule has 1 N–H and O–H groups in total. The maximum atomic E-state index is 13.4. The molecular formula is C27H28ClN3O3S. The Hall–Kier alpha value is -3.00. The topological polar surface area (TPSA) is 81.1 Å². The van der Waals surface area contributed by atoms with E-state index in [0.717, 1.165) is 5.56 Å². The van der Waals surface area contributed by atoms with Crippen molar-refractivity contribution in [3.63, 3.8) is 0 Å². The van der Waals surface area contributed by atoms with Gasteiger partial charge in [0.25, 0.3) is 5.56 Å². The van der Waals surface area contributed by atoms with Gasteiger partial charge >= 0.3 is 0 Å². The first-order valence-corrected chi connectivity index (χ1v) is 13.2. The van der Waals surface area contributed by atoms with Crippen LogP contribution < -0.4 is 10.3 Å². The molecule has 1 atom stereocenters. The van der Waals surface area contributed by atoms with E-state index in [-0.39, 0.29) is 22.4 Å². The summed E-state index contributed by atoms with van der Waals surface area (Å²) in [6.07, 6.45) is 0. The summed E-state index contributed by atoms with van der Waals surface area (Å²) < 4.78 is 30.2. The Morgan fingerprint density at radius 3 is 2.23 bits per heavy atom. The molecule has 0 saturated carbocycles. The summed E-state index contributed by atoms with van der Waals surface area (Å²) in [4.78, 5) is 18.4. The SMILES string of the molecule is CC(CNS(=O)(=O)c1ccc(C(C)(C)C)cc1)c1nc2ccccc2c(=O)n1-c1ccc(Cl)cc1. The maximum absolute atomic E-state index is 13.4. The third kappa shape index (κ3) is 5.32. The molecule has 35 heavy (non-hydrogen) atoms. The van der Waals surface area contributed by atoms with E-state index < -0.39 is 15.9 Å². The van der Waals surface area contributed by atoms with E-state index in [2.05, 4.69) is 25.5 Å². The van der Waals surface area contributed by atoms with Crippen LogP contribution in [0.5, 0.6) is 0 Å². The number of hydrogen-bond acceptors (Lipinski definition) is 4. The lowest BCUT2D eigenvalue weighted by atomic mass is 9.87. The predicted molar refractivity (Wildman–Crippen MR) is 141 cm³/mol. The van der Waals surface area contributed by atoms with Crippen molar-refractivity contribution in [2.75, 3.05) is 6.54 Å². The zero-order valence-corrected chi connectivity index (χ0v) is 21.7. The average molecular weight is 510 g/mol. The van der Waals surface area contributed by atoms with Crippen LogP contribution in [0.4, 0.5) is 0 Å². The van der Waals surface area contributed by atoms with Crippen molar-refractivity contribution in [3.05, 3.63) is 99.6 Å². The van der Waals surface area contributed by atoms with E-state index in [0.29, 0.717) is 27.4 Å². The Balaban J connectivity index is 1.68. The molecule has 8 heteroatoms. The highest BCUT2D eigenvalue weighted by atomic mass is 35.5. The Kier molecular flexibility index (Phi) is 6.86. The molecule has 0 radical (unpaired) electrons. The van der Waals surface area contributed by atoms with E-state index in [1.807, 2.05) is 25.1 Å². The van der Waals surface area contributed by atoms with Crippen LogP contribution in [-0.4, -0.2) is 24.5 Å². The molecule has 0 aliphatic rings. The quantitative estimate of drug-likeness (QED) is 0.376. The van der Waals surface area contributed by atoms with Crippen LogP contribution in [0.2, 0.25) is 5.02 Å². The minimum atomic E-state index is -3.74. The van der Waals surface area contributed by atoms with E-state index in [9.17, 15) is 13.2 Å². The Labute approximate surface area is 210 Å². The van der Waals surface area contributed by atoms with Gasteiger partial charge < -0.3 is 0 Å². The third-order valence-electron chi connectivity index (χ3n) is 5.94. The lowest BCUT2D eigenvalue weighted by Crippen LogP contribution is -2.32. The molecule has 3 aromatic carbocycles. The van der Waals surface area contributed by atoms with Crippen LogP contribution >= 0.6 is 11.6 Å². The molecule has 1 heterocycles. The van der Waals surface area contributed by atoms with Gasteiger partial charge in [-0.1, -0.05) is 63.6 Å². The molecule has 4 rings (SSSR count). The summed E-state index contributed by atoms with van der Waals surface area (Å²) in [5, 5.41) is 1.04. The van der Waals surface area contributed by atoms with Crippen LogP contribution in [0.25, 0.3) is 16.6 Å². The highest BCUT2D eigenvalue weighted by Crippen LogP contribution is 2.24. The predicted octanol–water partition coefficient (Wildman–Crippen LogP) is 5.42. The lowest BCUT2D eigenvalue weighted by molar-refractivity contribution is 0.567. The number of aromatic nitrogens is 2. The first-order valence-electron chi connectivity index (χ1n) is 11.4. The molecule has 0 bridgehead atoms. The number of nitrogens with one attached hydrogen (secondary N) is 1. The number of halogens is 1. The highest BCUT2D eigenvalue weighted by molar-refractivity contribution is 7.89. The molecule has 0 saturated heterocycles. The zero-order chi connectivity index (χ0) is 25.4. The fraction of sp³-hybridized carbons (Fsp3) is 0.259. The van der Waals surface area contributed by atoms with Gasteiger partial charge in [-0.2, -0.15) is 0 Å². The van der Waals surface area contributed by atoms with Crippen LogP contribution in [0.3, 0.4) is 0 Å². The number of fused-ring (bicyclic) bond motifs is 1. The second kappa shape index (κ2) is 9.57. The first kappa shape index (κ1) is 25.1.